The number of likely N-dealkylation sites (tertiary alicyclic amines) is 2. The van der Waals surface area contributed by atoms with E-state index in [-0.39, 0.29) is 83.0 Å². The predicted octanol–water partition coefficient (Wildman–Crippen LogP) is 4.85. The van der Waals surface area contributed by atoms with E-state index < -0.39 is 41.1 Å². The summed E-state index contributed by atoms with van der Waals surface area (Å²) in [5, 5.41) is 10.4. The third-order valence-electron chi connectivity index (χ3n) is 20.5. The highest BCUT2D eigenvalue weighted by Crippen LogP contribution is 2.54. The first kappa shape index (κ1) is 66.9. The molecule has 9 heterocycles. The Morgan fingerprint density at radius 1 is 0.490 bits per heavy atom. The molecule has 0 bridgehead atoms. The Bertz CT molecular complexity index is 4390. The van der Waals surface area contributed by atoms with Crippen LogP contribution in [0.5, 0.6) is 0 Å². The van der Waals surface area contributed by atoms with Crippen LogP contribution in [0.2, 0.25) is 0 Å². The van der Waals surface area contributed by atoms with Crippen LogP contribution in [0.3, 0.4) is 0 Å². The fourth-order valence-corrected chi connectivity index (χ4v) is 16.2. The molecule has 3 spiro atoms. The number of nitrogen functional groups attached to an aromatic ring is 1. The molecule has 3 aliphatic carbocycles. The Morgan fingerprint density at radius 3 is 1.18 bits per heavy atom. The molecule has 6 aromatic rings. The number of carbonyl (C=O) groups is 9. The number of ketones is 1. The van der Waals surface area contributed by atoms with E-state index in [2.05, 4.69) is 33.4 Å². The summed E-state index contributed by atoms with van der Waals surface area (Å²) in [6.07, 6.45) is 8.91. The van der Waals surface area contributed by atoms with Gasteiger partial charge in [-0.05, 0) is 152 Å². The van der Waals surface area contributed by atoms with Crippen LogP contribution in [0.4, 0.5) is 15.3 Å². The van der Waals surface area contributed by atoms with Crippen molar-refractivity contribution in [1.29, 1.82) is 0 Å². The molecule has 0 radical (unpaired) electrons. The third-order valence-corrected chi connectivity index (χ3v) is 20.5. The number of para-hydroxylation sites is 3. The lowest BCUT2D eigenvalue weighted by Crippen LogP contribution is -2.64. The highest BCUT2D eigenvalue weighted by molar-refractivity contribution is 6.02. The minimum absolute atomic E-state index is 0.119. The van der Waals surface area contributed by atoms with E-state index in [4.69, 9.17) is 15.2 Å². The molecule has 6 N–H and O–H groups in total. The van der Waals surface area contributed by atoms with Gasteiger partial charge in [0.2, 0.25) is 35.4 Å². The standard InChI is InChI=1S/C25H32N4O5.C20H24N4O3.C13H14N4O3.C11H17NO3/c1-24(2,3)34-23(33)28-13-25(14-28)11-15(12-25)10-16-6-5-7-17-20(16)27(4)22(32)29(17)18-8-9-19(30)26-21(18)31;1-23-17-13(7-12-8-20(9-12)10-21-11-20)3-2-4-14(17)24(19(23)27)15-5-6-16(25)22-18(15)26;1-16-11-7(14)3-2-4-8(11)17(13(16)20)9-5-6-10(18)15-12(9)19;1-10(2,3)15-9(14)12-6-11(7-12)4-8(13)5-11/h5-7,15,18H,8-14H2,1-4H3,(H,26,30,31);2-4,12,15,21H,5-11H2,1H3,(H,22,25,26);2-4,9H,5-6,14H2,1H3,(H,15,18,19);4-7H2,1-3H3. The first-order chi connectivity index (χ1) is 45.2. The van der Waals surface area contributed by atoms with Crippen molar-refractivity contribution in [3.05, 3.63) is 97.2 Å². The fraction of sp³-hybridized carbons (Fsp3) is 0.565. The number of benzene rings is 3. The number of nitrogens with two attached hydrogens (primary N) is 1. The van der Waals surface area contributed by atoms with E-state index in [1.54, 1.807) is 62.8 Å². The van der Waals surface area contributed by atoms with Crippen molar-refractivity contribution in [2.75, 3.05) is 45.0 Å². The Labute approximate surface area is 553 Å². The summed E-state index contributed by atoms with van der Waals surface area (Å²) >= 11 is 0. The summed E-state index contributed by atoms with van der Waals surface area (Å²) in [5.74, 6) is -0.658. The maximum atomic E-state index is 13.1. The largest absolute Gasteiger partial charge is 0.444 e. The molecule has 512 valence electrons. The van der Waals surface area contributed by atoms with Gasteiger partial charge >= 0.3 is 29.3 Å². The number of imidazole rings is 3. The van der Waals surface area contributed by atoms with Gasteiger partial charge in [-0.25, -0.2) is 24.0 Å². The van der Waals surface area contributed by atoms with E-state index in [0.717, 1.165) is 79.5 Å². The number of rotatable bonds is 7. The summed E-state index contributed by atoms with van der Waals surface area (Å²) in [6, 6.07) is 15.0. The second-order valence-electron chi connectivity index (χ2n) is 30.4. The molecule has 3 atom stereocenters. The Hall–Kier alpha value is -9.14. The summed E-state index contributed by atoms with van der Waals surface area (Å²) in [4.78, 5) is 148. The summed E-state index contributed by atoms with van der Waals surface area (Å²) in [6.45, 7) is 16.3. The average Bonchev–Trinajstić information content (AvgIpc) is 1.31. The molecule has 27 heteroatoms. The molecule has 27 nitrogen and oxygen atoms in total. The number of aromatic nitrogens is 6. The summed E-state index contributed by atoms with van der Waals surface area (Å²) in [7, 11) is 5.13. The van der Waals surface area contributed by atoms with Crippen molar-refractivity contribution in [1.82, 2.24) is 58.5 Å². The van der Waals surface area contributed by atoms with Gasteiger partial charge in [0, 0.05) is 103 Å². The number of anilines is 1. The van der Waals surface area contributed by atoms with Crippen molar-refractivity contribution in [2.24, 2.45) is 49.2 Å². The van der Waals surface area contributed by atoms with Crippen LogP contribution in [0, 0.1) is 28.1 Å². The lowest BCUT2D eigenvalue weighted by atomic mass is 9.56. The molecule has 3 saturated carbocycles. The monoisotopic (exact) mass is 1320 g/mol. The van der Waals surface area contributed by atoms with Crippen LogP contribution in [0.15, 0.2) is 69.0 Å². The number of nitrogens with zero attached hydrogens (tertiary/aromatic N) is 8. The van der Waals surface area contributed by atoms with E-state index in [1.165, 1.54) is 32.1 Å². The lowest BCUT2D eigenvalue weighted by Gasteiger charge is -2.59. The van der Waals surface area contributed by atoms with Gasteiger partial charge in [0.25, 0.3) is 0 Å². The van der Waals surface area contributed by atoms with Gasteiger partial charge in [-0.15, -0.1) is 0 Å². The highest BCUT2D eigenvalue weighted by atomic mass is 16.6. The minimum Gasteiger partial charge on any atom is -0.444 e. The topological polar surface area (TPSA) is 333 Å². The molecule has 15 rings (SSSR count). The second kappa shape index (κ2) is 24.8. The first-order valence-electron chi connectivity index (χ1n) is 33.3. The van der Waals surface area contributed by atoms with Crippen LogP contribution >= 0.6 is 0 Å². The maximum Gasteiger partial charge on any atom is 0.410 e. The van der Waals surface area contributed by atoms with Gasteiger partial charge in [-0.3, -0.25) is 76.9 Å². The lowest BCUT2D eigenvalue weighted by molar-refractivity contribution is -0.144. The molecule has 9 fully saturated rings. The van der Waals surface area contributed by atoms with Crippen LogP contribution in [0.25, 0.3) is 33.1 Å². The number of nitrogens with one attached hydrogen (secondary N) is 4. The van der Waals surface area contributed by atoms with Crippen molar-refractivity contribution in [3.63, 3.8) is 0 Å². The number of carbonyl (C=O) groups excluding carboxylic acids is 9. The van der Waals surface area contributed by atoms with Crippen LogP contribution in [0.1, 0.15) is 148 Å². The zero-order valence-corrected chi connectivity index (χ0v) is 56.1. The number of piperidine rings is 3. The van der Waals surface area contributed by atoms with Crippen molar-refractivity contribution in [2.45, 2.75) is 161 Å². The number of Topliss-reactive ketones (excluding diaryl/α,β-unsaturated/α-hetero) is 1. The zero-order chi connectivity index (χ0) is 68.9. The first-order valence-corrected chi connectivity index (χ1v) is 33.3. The molecular formula is C69H87N13O14. The number of fused-ring (bicyclic) bond motifs is 3. The minimum atomic E-state index is -0.676. The molecule has 3 unspecified atom stereocenters. The quantitative estimate of drug-likeness (QED) is 0.105. The van der Waals surface area contributed by atoms with E-state index in [9.17, 15) is 57.5 Å². The van der Waals surface area contributed by atoms with Gasteiger partial charge in [-0.2, -0.15) is 0 Å². The van der Waals surface area contributed by atoms with Gasteiger partial charge in [0.1, 0.15) is 35.1 Å². The normalized spacial score (nSPS) is 23.2. The molecule has 3 aromatic carbocycles. The number of hydrogen-bond donors (Lipinski definition) is 5. The Morgan fingerprint density at radius 2 is 0.833 bits per heavy atom. The summed E-state index contributed by atoms with van der Waals surface area (Å²) in [5.41, 5.74) is 12.3. The van der Waals surface area contributed by atoms with Crippen LogP contribution in [-0.2, 0) is 77.0 Å². The van der Waals surface area contributed by atoms with E-state index in [1.807, 2.05) is 65.8 Å². The van der Waals surface area contributed by atoms with Gasteiger partial charge in [0.15, 0.2) is 0 Å². The predicted molar refractivity (Wildman–Crippen MR) is 353 cm³/mol. The average molecular weight is 1320 g/mol. The number of aryl methyl sites for hydroxylation is 3. The van der Waals surface area contributed by atoms with Crippen molar-refractivity contribution < 1.29 is 52.6 Å². The number of amides is 8. The van der Waals surface area contributed by atoms with Gasteiger partial charge in [-0.1, -0.05) is 30.3 Å². The Balaban J connectivity index is 0.000000128. The molecular weight excluding hydrogens is 1230 g/mol. The maximum absolute atomic E-state index is 13.1. The van der Waals surface area contributed by atoms with Crippen LogP contribution < -0.4 is 44.1 Å². The SMILES string of the molecule is CC(C)(C)OC(=O)N1CC2(CC(=O)C2)C1.Cn1c(=O)n(C2CCC(=O)NC2=O)c2cccc(CC3CC4(C3)CN(C(=O)OC(C)(C)C)C4)c21.Cn1c(=O)n(C2CCC(=O)NC2=O)c2cccc(CC3CC4(CNC4)C3)c21.Cn1c(=O)n(C2CCC(=O)NC2=O)c2cccc(N)c21. The Kier molecular flexibility index (Phi) is 17.3. The molecule has 96 heavy (non-hydrogen) atoms. The molecule has 9 aliphatic rings. The second-order valence-corrected chi connectivity index (χ2v) is 30.4. The molecule has 8 amide bonds. The number of hydrogen-bond acceptors (Lipinski definition) is 16. The van der Waals surface area contributed by atoms with Crippen molar-refractivity contribution in [3.8, 4) is 0 Å². The summed E-state index contributed by atoms with van der Waals surface area (Å²) < 4.78 is 19.9. The van der Waals surface area contributed by atoms with Gasteiger partial charge in [0.05, 0.1) is 38.8 Å². The molecule has 6 aliphatic heterocycles. The van der Waals surface area contributed by atoms with Gasteiger partial charge < -0.3 is 30.3 Å². The van der Waals surface area contributed by atoms with Crippen LogP contribution in [-0.4, -0.2) is 141 Å². The fourth-order valence-electron chi connectivity index (χ4n) is 16.2. The smallest absolute Gasteiger partial charge is 0.410 e. The third kappa shape index (κ3) is 12.8. The van der Waals surface area contributed by atoms with E-state index >= 15 is 0 Å². The van der Waals surface area contributed by atoms with E-state index in [0.29, 0.717) is 84.9 Å². The van der Waals surface area contributed by atoms with Crippen molar-refractivity contribution >= 4 is 92.2 Å². The zero-order valence-electron chi connectivity index (χ0n) is 56.1. The molecule has 3 aromatic heterocycles. The highest BCUT2D eigenvalue weighted by Gasteiger charge is 2.56. The number of imide groups is 3. The number of ether oxygens (including phenoxy) is 2. The molecule has 6 saturated heterocycles.